The fourth-order valence-corrected chi connectivity index (χ4v) is 1.69. The van der Waals surface area contributed by atoms with Crippen molar-refractivity contribution >= 4 is 16.9 Å². The summed E-state index contributed by atoms with van der Waals surface area (Å²) in [5, 5.41) is 19.7. The van der Waals surface area contributed by atoms with Crippen LogP contribution in [0.1, 0.15) is 24.2 Å². The largest absolute Gasteiger partial charge is 0.392 e. The maximum atomic E-state index is 11.8. The molecule has 0 saturated heterocycles. The Hall–Kier alpha value is -1.95. The number of amides is 1. The zero-order valence-electron chi connectivity index (χ0n) is 10.4. The smallest absolute Gasteiger partial charge is 0.251 e. The zero-order valence-corrected chi connectivity index (χ0v) is 10.4. The highest BCUT2D eigenvalue weighted by atomic mass is 16.3. The highest BCUT2D eigenvalue weighted by molar-refractivity contribution is 5.97. The lowest BCUT2D eigenvalue weighted by molar-refractivity contribution is 0.0924. The molecule has 1 amide bonds. The lowest BCUT2D eigenvalue weighted by Gasteiger charge is -2.06. The highest BCUT2D eigenvalue weighted by Crippen LogP contribution is 2.13. The molecule has 1 atom stereocenters. The molecule has 0 aliphatic rings. The van der Waals surface area contributed by atoms with Crippen molar-refractivity contribution in [3.63, 3.8) is 0 Å². The number of nitrogens with zero attached hydrogens (tertiary/aromatic N) is 3. The average Bonchev–Trinajstić information content (AvgIpc) is 2.77. The van der Waals surface area contributed by atoms with Gasteiger partial charge in [-0.25, -0.2) is 4.68 Å². The summed E-state index contributed by atoms with van der Waals surface area (Å²) < 4.78 is 1.77. The molecule has 0 fully saturated rings. The Kier molecular flexibility index (Phi) is 3.57. The first kappa shape index (κ1) is 12.5. The molecule has 18 heavy (non-hydrogen) atoms. The van der Waals surface area contributed by atoms with E-state index in [1.807, 2.05) is 13.0 Å². The SMILES string of the molecule is CCn1nnc2cc(C(=O)NC[C@@H](C)O)ccc21. The normalized spacial score (nSPS) is 12.6. The fraction of sp³-hybridized carbons (Fsp3) is 0.417. The van der Waals surface area contributed by atoms with E-state index in [1.165, 1.54) is 0 Å². The topological polar surface area (TPSA) is 80.0 Å². The van der Waals surface area contributed by atoms with Crippen LogP contribution in [0.15, 0.2) is 18.2 Å². The first-order valence-electron chi connectivity index (χ1n) is 5.91. The van der Waals surface area contributed by atoms with Crippen molar-refractivity contribution < 1.29 is 9.90 Å². The lowest BCUT2D eigenvalue weighted by Crippen LogP contribution is -2.30. The van der Waals surface area contributed by atoms with E-state index in [4.69, 9.17) is 5.11 Å². The molecule has 0 spiro atoms. The van der Waals surface area contributed by atoms with Crippen molar-refractivity contribution in [1.29, 1.82) is 0 Å². The van der Waals surface area contributed by atoms with E-state index in [0.29, 0.717) is 11.1 Å². The molecule has 96 valence electrons. The Morgan fingerprint density at radius 2 is 2.33 bits per heavy atom. The Morgan fingerprint density at radius 1 is 1.56 bits per heavy atom. The summed E-state index contributed by atoms with van der Waals surface area (Å²) >= 11 is 0. The summed E-state index contributed by atoms with van der Waals surface area (Å²) in [4.78, 5) is 11.8. The summed E-state index contributed by atoms with van der Waals surface area (Å²) in [6.07, 6.45) is -0.557. The van der Waals surface area contributed by atoms with Crippen molar-refractivity contribution in [2.24, 2.45) is 0 Å². The third kappa shape index (κ3) is 2.48. The van der Waals surface area contributed by atoms with Gasteiger partial charge in [0.15, 0.2) is 0 Å². The van der Waals surface area contributed by atoms with Crippen LogP contribution in [-0.2, 0) is 6.54 Å². The molecule has 6 nitrogen and oxygen atoms in total. The number of rotatable bonds is 4. The van der Waals surface area contributed by atoms with Gasteiger partial charge in [0.25, 0.3) is 5.91 Å². The molecule has 1 aromatic carbocycles. The molecule has 0 radical (unpaired) electrons. The van der Waals surface area contributed by atoms with Gasteiger partial charge in [-0.2, -0.15) is 0 Å². The molecule has 1 heterocycles. The molecular formula is C12H16N4O2. The number of hydrogen-bond donors (Lipinski definition) is 2. The summed E-state index contributed by atoms with van der Waals surface area (Å²) in [7, 11) is 0. The molecular weight excluding hydrogens is 232 g/mol. The van der Waals surface area contributed by atoms with Gasteiger partial charge < -0.3 is 10.4 Å². The quantitative estimate of drug-likeness (QED) is 0.828. The van der Waals surface area contributed by atoms with E-state index >= 15 is 0 Å². The van der Waals surface area contributed by atoms with Crippen LogP contribution in [0.5, 0.6) is 0 Å². The molecule has 0 bridgehead atoms. The predicted octanol–water partition coefficient (Wildman–Crippen LogP) is 0.562. The van der Waals surface area contributed by atoms with Gasteiger partial charge in [-0.15, -0.1) is 5.10 Å². The van der Waals surface area contributed by atoms with Crippen LogP contribution >= 0.6 is 0 Å². The Labute approximate surface area is 105 Å². The second kappa shape index (κ2) is 5.14. The van der Waals surface area contributed by atoms with Gasteiger partial charge in [-0.1, -0.05) is 5.21 Å². The third-order valence-corrected chi connectivity index (χ3v) is 2.63. The van der Waals surface area contributed by atoms with Crippen molar-refractivity contribution in [3.05, 3.63) is 23.8 Å². The maximum absolute atomic E-state index is 11.8. The van der Waals surface area contributed by atoms with Crippen LogP contribution in [0.4, 0.5) is 0 Å². The second-order valence-corrected chi connectivity index (χ2v) is 4.17. The van der Waals surface area contributed by atoms with Crippen LogP contribution < -0.4 is 5.32 Å². The number of carbonyl (C=O) groups is 1. The van der Waals surface area contributed by atoms with Crippen LogP contribution in [-0.4, -0.2) is 38.7 Å². The first-order chi connectivity index (χ1) is 8.61. The molecule has 6 heteroatoms. The van der Waals surface area contributed by atoms with Crippen molar-refractivity contribution in [2.45, 2.75) is 26.5 Å². The number of hydrogen-bond acceptors (Lipinski definition) is 4. The number of nitrogens with one attached hydrogen (secondary N) is 1. The number of aromatic nitrogens is 3. The zero-order chi connectivity index (χ0) is 13.1. The fourth-order valence-electron chi connectivity index (χ4n) is 1.69. The van der Waals surface area contributed by atoms with E-state index in [-0.39, 0.29) is 12.5 Å². The highest BCUT2D eigenvalue weighted by Gasteiger charge is 2.09. The molecule has 0 aliphatic carbocycles. The maximum Gasteiger partial charge on any atom is 0.251 e. The number of fused-ring (bicyclic) bond motifs is 1. The van der Waals surface area contributed by atoms with Crippen LogP contribution in [0, 0.1) is 0 Å². The van der Waals surface area contributed by atoms with Crippen molar-refractivity contribution in [2.75, 3.05) is 6.54 Å². The number of aliphatic hydroxyl groups is 1. The minimum absolute atomic E-state index is 0.219. The van der Waals surface area contributed by atoms with Crippen molar-refractivity contribution in [1.82, 2.24) is 20.3 Å². The monoisotopic (exact) mass is 248 g/mol. The van der Waals surface area contributed by atoms with Gasteiger partial charge in [0.05, 0.1) is 11.6 Å². The van der Waals surface area contributed by atoms with Gasteiger partial charge in [0, 0.05) is 18.7 Å². The molecule has 2 N–H and O–H groups in total. The Balaban J connectivity index is 2.22. The van der Waals surface area contributed by atoms with Gasteiger partial charge >= 0.3 is 0 Å². The van der Waals surface area contributed by atoms with E-state index < -0.39 is 6.10 Å². The van der Waals surface area contributed by atoms with Gasteiger partial charge in [0.2, 0.25) is 0 Å². The minimum atomic E-state index is -0.557. The van der Waals surface area contributed by atoms with Gasteiger partial charge in [-0.05, 0) is 32.0 Å². The molecule has 2 aromatic rings. The third-order valence-electron chi connectivity index (χ3n) is 2.63. The average molecular weight is 248 g/mol. The second-order valence-electron chi connectivity index (χ2n) is 4.17. The molecule has 0 unspecified atom stereocenters. The van der Waals surface area contributed by atoms with Crippen LogP contribution in [0.3, 0.4) is 0 Å². The number of carbonyl (C=O) groups excluding carboxylic acids is 1. The number of aliphatic hydroxyl groups excluding tert-OH is 1. The summed E-state index contributed by atoms with van der Waals surface area (Å²) in [6.45, 7) is 4.58. The summed E-state index contributed by atoms with van der Waals surface area (Å²) in [6, 6.07) is 5.26. The van der Waals surface area contributed by atoms with E-state index in [0.717, 1.165) is 12.1 Å². The summed E-state index contributed by atoms with van der Waals surface area (Å²) in [5.41, 5.74) is 2.12. The number of benzene rings is 1. The van der Waals surface area contributed by atoms with E-state index in [1.54, 1.807) is 23.7 Å². The summed E-state index contributed by atoms with van der Waals surface area (Å²) in [5.74, 6) is -0.219. The van der Waals surface area contributed by atoms with E-state index in [2.05, 4.69) is 15.6 Å². The molecule has 0 aliphatic heterocycles. The lowest BCUT2D eigenvalue weighted by atomic mass is 10.2. The molecule has 1 aromatic heterocycles. The van der Waals surface area contributed by atoms with E-state index in [9.17, 15) is 4.79 Å². The van der Waals surface area contributed by atoms with Crippen LogP contribution in [0.25, 0.3) is 11.0 Å². The van der Waals surface area contributed by atoms with Gasteiger partial charge in [-0.3, -0.25) is 4.79 Å². The standard InChI is InChI=1S/C12H16N4O2/c1-3-16-11-5-4-9(6-10(11)14-15-16)12(18)13-7-8(2)17/h4-6,8,17H,3,7H2,1-2H3,(H,13,18)/t8-/m1/s1. The van der Waals surface area contributed by atoms with Crippen molar-refractivity contribution in [3.8, 4) is 0 Å². The minimum Gasteiger partial charge on any atom is -0.392 e. The number of aryl methyl sites for hydroxylation is 1. The van der Waals surface area contributed by atoms with Gasteiger partial charge in [0.1, 0.15) is 5.52 Å². The molecule has 2 rings (SSSR count). The van der Waals surface area contributed by atoms with Crippen LogP contribution in [0.2, 0.25) is 0 Å². The first-order valence-corrected chi connectivity index (χ1v) is 5.91. The Bertz CT molecular complexity index is 562. The molecule has 0 saturated carbocycles. The Morgan fingerprint density at radius 3 is 3.00 bits per heavy atom. The predicted molar refractivity (Wildman–Crippen MR) is 67.2 cm³/mol.